The van der Waals surface area contributed by atoms with Crippen LogP contribution in [-0.2, 0) is 0 Å². The molecule has 0 atom stereocenters. The lowest BCUT2D eigenvalue weighted by atomic mass is 10.2. The van der Waals surface area contributed by atoms with Gasteiger partial charge in [0.05, 0.1) is 5.69 Å². The first-order valence-electron chi connectivity index (χ1n) is 7.45. The van der Waals surface area contributed by atoms with Crippen molar-refractivity contribution >= 4 is 17.4 Å². The molecule has 0 spiro atoms. The molecule has 1 N–H and O–H groups in total. The van der Waals surface area contributed by atoms with E-state index in [1.54, 1.807) is 18.2 Å². The molecule has 2 heterocycles. The molecule has 0 saturated carbocycles. The highest BCUT2D eigenvalue weighted by Gasteiger charge is 2.17. The van der Waals surface area contributed by atoms with Crippen molar-refractivity contribution in [2.24, 2.45) is 0 Å². The number of hydrogen-bond donors (Lipinski definition) is 1. The molecule has 1 aliphatic rings. The maximum Gasteiger partial charge on any atom is 0.274 e. The van der Waals surface area contributed by atoms with Crippen LogP contribution in [0, 0.1) is 5.82 Å². The third-order valence-electron chi connectivity index (χ3n) is 3.83. The van der Waals surface area contributed by atoms with Crippen LogP contribution in [0.25, 0.3) is 0 Å². The minimum absolute atomic E-state index is 0.136. The van der Waals surface area contributed by atoms with E-state index in [4.69, 9.17) is 0 Å². The number of nitrogens with zero attached hydrogens (tertiary/aromatic N) is 4. The average Bonchev–Trinajstić information content (AvgIpc) is 2.58. The van der Waals surface area contributed by atoms with Gasteiger partial charge in [0.25, 0.3) is 5.91 Å². The van der Waals surface area contributed by atoms with E-state index in [2.05, 4.69) is 32.1 Å². The number of anilines is 2. The lowest BCUT2D eigenvalue weighted by Crippen LogP contribution is -2.44. The number of halogens is 1. The molecular weight excluding hydrogens is 297 g/mol. The Morgan fingerprint density at radius 1 is 1.17 bits per heavy atom. The second kappa shape index (κ2) is 6.70. The van der Waals surface area contributed by atoms with E-state index in [0.29, 0.717) is 5.82 Å². The molecule has 3 rings (SSSR count). The number of hydrogen-bond acceptors (Lipinski definition) is 5. The predicted molar refractivity (Wildman–Crippen MR) is 86.1 cm³/mol. The smallest absolute Gasteiger partial charge is 0.274 e. The number of carbonyl (C=O) groups excluding carboxylic acids is 1. The molecule has 1 aromatic carbocycles. The summed E-state index contributed by atoms with van der Waals surface area (Å²) in [7, 11) is 2.07. The fourth-order valence-corrected chi connectivity index (χ4v) is 2.43. The van der Waals surface area contributed by atoms with E-state index in [1.165, 1.54) is 18.5 Å². The van der Waals surface area contributed by atoms with E-state index in [0.717, 1.165) is 26.2 Å². The first kappa shape index (κ1) is 15.4. The van der Waals surface area contributed by atoms with Crippen molar-refractivity contribution in [2.45, 2.75) is 0 Å². The molecule has 0 bridgehead atoms. The first-order valence-corrected chi connectivity index (χ1v) is 7.45. The first-order chi connectivity index (χ1) is 11.1. The molecule has 0 radical (unpaired) electrons. The lowest BCUT2D eigenvalue weighted by Gasteiger charge is -2.33. The summed E-state index contributed by atoms with van der Waals surface area (Å²) in [5.41, 5.74) is 0.356. The highest BCUT2D eigenvalue weighted by Crippen LogP contribution is 2.16. The van der Waals surface area contributed by atoms with E-state index >= 15 is 0 Å². The Balaban J connectivity index is 1.74. The number of nitrogens with one attached hydrogen (secondary N) is 1. The van der Waals surface area contributed by atoms with Gasteiger partial charge < -0.3 is 15.1 Å². The quantitative estimate of drug-likeness (QED) is 0.932. The second-order valence-corrected chi connectivity index (χ2v) is 5.49. The normalized spacial score (nSPS) is 15.5. The summed E-state index contributed by atoms with van der Waals surface area (Å²) >= 11 is 0. The van der Waals surface area contributed by atoms with E-state index in [9.17, 15) is 9.18 Å². The van der Waals surface area contributed by atoms with Crippen LogP contribution >= 0.6 is 0 Å². The fourth-order valence-electron chi connectivity index (χ4n) is 2.43. The average molecular weight is 315 g/mol. The monoisotopic (exact) mass is 315 g/mol. The molecule has 1 saturated heterocycles. The Morgan fingerprint density at radius 2 is 1.91 bits per heavy atom. The van der Waals surface area contributed by atoms with E-state index in [1.807, 2.05) is 0 Å². The van der Waals surface area contributed by atoms with Gasteiger partial charge >= 0.3 is 0 Å². The van der Waals surface area contributed by atoms with Gasteiger partial charge in [-0.1, -0.05) is 12.1 Å². The number of piperazine rings is 1. The zero-order valence-electron chi connectivity index (χ0n) is 12.9. The van der Waals surface area contributed by atoms with Gasteiger partial charge in [-0.2, -0.15) is 0 Å². The van der Waals surface area contributed by atoms with Crippen molar-refractivity contribution < 1.29 is 9.18 Å². The lowest BCUT2D eigenvalue weighted by molar-refractivity contribution is 0.102. The molecule has 2 aromatic rings. The van der Waals surface area contributed by atoms with Gasteiger partial charge in [-0.3, -0.25) is 4.79 Å². The Kier molecular flexibility index (Phi) is 4.47. The molecule has 1 aromatic heterocycles. The van der Waals surface area contributed by atoms with Gasteiger partial charge in [-0.25, -0.2) is 14.4 Å². The number of rotatable bonds is 3. The molecular formula is C16H18FN5O. The molecule has 120 valence electrons. The van der Waals surface area contributed by atoms with Gasteiger partial charge in [-0.15, -0.1) is 0 Å². The topological polar surface area (TPSA) is 61.4 Å². The zero-order chi connectivity index (χ0) is 16.2. The summed E-state index contributed by atoms with van der Waals surface area (Å²) in [5, 5.41) is 2.53. The Morgan fingerprint density at radius 3 is 2.65 bits per heavy atom. The molecule has 7 heteroatoms. The Bertz CT molecular complexity index is 700. The third kappa shape index (κ3) is 3.62. The van der Waals surface area contributed by atoms with Gasteiger partial charge in [0.15, 0.2) is 0 Å². The minimum Gasteiger partial charge on any atom is -0.354 e. The Hall–Kier alpha value is -2.54. The zero-order valence-corrected chi connectivity index (χ0v) is 12.9. The number of aromatic nitrogens is 2. The third-order valence-corrected chi connectivity index (χ3v) is 3.83. The van der Waals surface area contributed by atoms with Crippen molar-refractivity contribution in [3.63, 3.8) is 0 Å². The number of carbonyl (C=O) groups is 1. The van der Waals surface area contributed by atoms with Gasteiger partial charge in [-0.05, 0) is 19.2 Å². The summed E-state index contributed by atoms with van der Waals surface area (Å²) in [5.74, 6) is -0.214. The fraction of sp³-hybridized carbons (Fsp3) is 0.312. The van der Waals surface area contributed by atoms with E-state index < -0.39 is 11.7 Å². The van der Waals surface area contributed by atoms with Crippen molar-refractivity contribution in [1.29, 1.82) is 0 Å². The van der Waals surface area contributed by atoms with Crippen LogP contribution in [0.3, 0.4) is 0 Å². The predicted octanol–water partition coefficient (Wildman–Crippen LogP) is 1.62. The molecule has 1 aliphatic heterocycles. The molecule has 1 amide bonds. The molecule has 23 heavy (non-hydrogen) atoms. The van der Waals surface area contributed by atoms with Crippen LogP contribution < -0.4 is 10.2 Å². The van der Waals surface area contributed by atoms with Gasteiger partial charge in [0.2, 0.25) is 0 Å². The highest BCUT2D eigenvalue weighted by molar-refractivity contribution is 6.03. The molecule has 0 unspecified atom stereocenters. The van der Waals surface area contributed by atoms with Crippen LogP contribution in [-0.4, -0.2) is 54.0 Å². The Labute approximate surface area is 134 Å². The van der Waals surface area contributed by atoms with E-state index in [-0.39, 0.29) is 11.4 Å². The molecule has 6 nitrogen and oxygen atoms in total. The maximum absolute atomic E-state index is 13.6. The summed E-state index contributed by atoms with van der Waals surface area (Å²) < 4.78 is 13.6. The van der Waals surface area contributed by atoms with Crippen molar-refractivity contribution in [2.75, 3.05) is 43.4 Å². The highest BCUT2D eigenvalue weighted by atomic mass is 19.1. The number of likely N-dealkylation sites (N-methyl/N-ethyl adjacent to an activating group) is 1. The second-order valence-electron chi connectivity index (χ2n) is 5.49. The van der Waals surface area contributed by atoms with Crippen LogP contribution in [0.5, 0.6) is 0 Å². The van der Waals surface area contributed by atoms with Crippen molar-refractivity contribution in [3.8, 4) is 0 Å². The van der Waals surface area contributed by atoms with Crippen molar-refractivity contribution in [3.05, 3.63) is 48.2 Å². The van der Waals surface area contributed by atoms with Gasteiger partial charge in [0.1, 0.15) is 23.7 Å². The van der Waals surface area contributed by atoms with Crippen LogP contribution in [0.2, 0.25) is 0 Å². The maximum atomic E-state index is 13.6. The SMILES string of the molecule is CN1CCN(c2cc(C(=O)Nc3ccccc3F)ncn2)CC1. The van der Waals surface area contributed by atoms with Crippen LogP contribution in [0.15, 0.2) is 36.7 Å². The number of para-hydroxylation sites is 1. The standard InChI is InChI=1S/C16H18FN5O/c1-21-6-8-22(9-7-21)15-10-14(18-11-19-15)16(23)20-13-5-3-2-4-12(13)17/h2-5,10-11H,6-9H2,1H3,(H,20,23). The molecule has 1 fully saturated rings. The number of amides is 1. The largest absolute Gasteiger partial charge is 0.354 e. The van der Waals surface area contributed by atoms with Crippen LogP contribution in [0.1, 0.15) is 10.5 Å². The summed E-state index contributed by atoms with van der Waals surface area (Å²) in [6, 6.07) is 7.68. The van der Waals surface area contributed by atoms with Crippen LogP contribution in [0.4, 0.5) is 15.9 Å². The minimum atomic E-state index is -0.478. The summed E-state index contributed by atoms with van der Waals surface area (Å²) in [6.45, 7) is 3.59. The number of benzene rings is 1. The molecule has 0 aliphatic carbocycles. The summed E-state index contributed by atoms with van der Waals surface area (Å²) in [4.78, 5) is 24.8. The van der Waals surface area contributed by atoms with Gasteiger partial charge in [0, 0.05) is 32.2 Å². The summed E-state index contributed by atoms with van der Waals surface area (Å²) in [6.07, 6.45) is 1.36. The van der Waals surface area contributed by atoms with Crippen molar-refractivity contribution in [1.82, 2.24) is 14.9 Å².